The van der Waals surface area contributed by atoms with Crippen LogP contribution >= 0.6 is 0 Å². The van der Waals surface area contributed by atoms with Gasteiger partial charge in [0.1, 0.15) is 0 Å². The number of anilines is 1. The second-order valence-electron chi connectivity index (χ2n) is 7.71. The molecule has 3 aromatic rings. The molecule has 1 aliphatic rings. The van der Waals surface area contributed by atoms with Crippen molar-refractivity contribution < 1.29 is 22.0 Å². The van der Waals surface area contributed by atoms with Gasteiger partial charge in [-0.2, -0.15) is 0 Å². The van der Waals surface area contributed by atoms with E-state index in [2.05, 4.69) is 9.71 Å². The molecule has 1 aliphatic heterocycles. The molecule has 2 heterocycles. The fourth-order valence-corrected chi connectivity index (χ4v) is 4.89. The summed E-state index contributed by atoms with van der Waals surface area (Å²) in [6.07, 6.45) is 5.28. The second-order valence-corrected chi connectivity index (χ2v) is 9.39. The lowest BCUT2D eigenvalue weighted by atomic mass is 10.0. The fourth-order valence-electron chi connectivity index (χ4n) is 3.82. The lowest BCUT2D eigenvalue weighted by Gasteiger charge is -2.25. The van der Waals surface area contributed by atoms with E-state index in [1.807, 2.05) is 13.0 Å². The number of hydrogen-bond acceptors (Lipinski definition) is 4. The number of nitrogens with one attached hydrogen (secondary N) is 1. The Balaban J connectivity index is 1.50. The SMILES string of the molecule is Cc1cncc(C2CCCN2C(=O)c2ccc(NS(=O)(=O)c3ccc(F)c(F)c3)cc2)c1. The number of carbonyl (C=O) groups excluding carboxylic acids is 1. The van der Waals surface area contributed by atoms with Gasteiger partial charge in [-0.1, -0.05) is 6.07 Å². The average Bonchev–Trinajstić information content (AvgIpc) is 3.25. The topological polar surface area (TPSA) is 79.4 Å². The summed E-state index contributed by atoms with van der Waals surface area (Å²) >= 11 is 0. The molecule has 1 amide bonds. The van der Waals surface area contributed by atoms with Gasteiger partial charge in [0.05, 0.1) is 10.9 Å². The largest absolute Gasteiger partial charge is 0.332 e. The van der Waals surface area contributed by atoms with E-state index in [0.29, 0.717) is 18.2 Å². The molecular formula is C23H21F2N3O3S. The number of benzene rings is 2. The maximum atomic E-state index is 13.4. The number of sulfonamides is 1. The van der Waals surface area contributed by atoms with Gasteiger partial charge >= 0.3 is 0 Å². The van der Waals surface area contributed by atoms with E-state index in [1.54, 1.807) is 17.3 Å². The van der Waals surface area contributed by atoms with Crippen molar-refractivity contribution in [2.75, 3.05) is 11.3 Å². The number of nitrogens with zero attached hydrogens (tertiary/aromatic N) is 2. The van der Waals surface area contributed by atoms with Crippen LogP contribution in [-0.4, -0.2) is 30.8 Å². The average molecular weight is 458 g/mol. The number of carbonyl (C=O) groups is 1. The van der Waals surface area contributed by atoms with Crippen LogP contribution in [-0.2, 0) is 10.0 Å². The summed E-state index contributed by atoms with van der Waals surface area (Å²) in [5, 5.41) is 0. The smallest absolute Gasteiger partial charge is 0.261 e. The number of aromatic nitrogens is 1. The Bertz CT molecular complexity index is 1260. The summed E-state index contributed by atoms with van der Waals surface area (Å²) in [6.45, 7) is 2.58. The Morgan fingerprint density at radius 2 is 1.81 bits per heavy atom. The van der Waals surface area contributed by atoms with E-state index in [9.17, 15) is 22.0 Å². The molecule has 0 radical (unpaired) electrons. The molecule has 166 valence electrons. The normalized spacial score (nSPS) is 16.2. The first-order chi connectivity index (χ1) is 15.2. The molecule has 0 bridgehead atoms. The monoisotopic (exact) mass is 457 g/mol. The number of halogens is 2. The van der Waals surface area contributed by atoms with Crippen molar-refractivity contribution in [3.05, 3.63) is 89.2 Å². The molecule has 1 fully saturated rings. The van der Waals surface area contributed by atoms with Crippen molar-refractivity contribution in [2.24, 2.45) is 0 Å². The van der Waals surface area contributed by atoms with Gasteiger partial charge in [-0.25, -0.2) is 17.2 Å². The molecule has 1 unspecified atom stereocenters. The summed E-state index contributed by atoms with van der Waals surface area (Å²) in [4.78, 5) is 18.7. The minimum Gasteiger partial charge on any atom is -0.332 e. The number of hydrogen-bond donors (Lipinski definition) is 1. The van der Waals surface area contributed by atoms with Gasteiger partial charge in [0.15, 0.2) is 11.6 Å². The van der Waals surface area contributed by atoms with E-state index >= 15 is 0 Å². The van der Waals surface area contributed by atoms with Gasteiger partial charge in [-0.15, -0.1) is 0 Å². The van der Waals surface area contributed by atoms with Crippen LogP contribution in [0.5, 0.6) is 0 Å². The summed E-state index contributed by atoms with van der Waals surface area (Å²) in [7, 11) is -4.11. The van der Waals surface area contributed by atoms with Crippen molar-refractivity contribution in [1.29, 1.82) is 0 Å². The Morgan fingerprint density at radius 3 is 2.50 bits per heavy atom. The molecular weight excluding hydrogens is 436 g/mol. The van der Waals surface area contributed by atoms with Crippen molar-refractivity contribution >= 4 is 21.6 Å². The molecule has 6 nitrogen and oxygen atoms in total. The number of amides is 1. The fraction of sp³-hybridized carbons (Fsp3) is 0.217. The zero-order chi connectivity index (χ0) is 22.9. The minimum atomic E-state index is -4.11. The summed E-state index contributed by atoms with van der Waals surface area (Å²) in [5.41, 5.74) is 2.65. The first kappa shape index (κ1) is 21.9. The molecule has 9 heteroatoms. The predicted octanol–water partition coefficient (Wildman–Crippen LogP) is 4.45. The van der Waals surface area contributed by atoms with Crippen LogP contribution in [0.3, 0.4) is 0 Å². The molecule has 4 rings (SSSR count). The highest BCUT2D eigenvalue weighted by Gasteiger charge is 2.31. The van der Waals surface area contributed by atoms with Crippen LogP contribution < -0.4 is 4.72 Å². The highest BCUT2D eigenvalue weighted by Crippen LogP contribution is 2.33. The quantitative estimate of drug-likeness (QED) is 0.614. The first-order valence-electron chi connectivity index (χ1n) is 10.0. The third-order valence-electron chi connectivity index (χ3n) is 5.38. The predicted molar refractivity (Wildman–Crippen MR) is 116 cm³/mol. The summed E-state index contributed by atoms with van der Waals surface area (Å²) < 4.78 is 53.7. The van der Waals surface area contributed by atoms with Gasteiger partial charge in [-0.3, -0.25) is 14.5 Å². The van der Waals surface area contributed by atoms with Gasteiger partial charge in [-0.05, 0) is 73.4 Å². The Morgan fingerprint density at radius 1 is 1.06 bits per heavy atom. The zero-order valence-electron chi connectivity index (χ0n) is 17.3. The van der Waals surface area contributed by atoms with Crippen molar-refractivity contribution in [3.63, 3.8) is 0 Å². The molecule has 32 heavy (non-hydrogen) atoms. The zero-order valence-corrected chi connectivity index (χ0v) is 18.1. The number of pyridine rings is 1. The molecule has 1 saturated heterocycles. The van der Waals surface area contributed by atoms with Crippen molar-refractivity contribution in [3.8, 4) is 0 Å². The standard InChI is InChI=1S/C23H21F2N3O3S/c1-15-11-17(14-26-13-15)22-3-2-10-28(22)23(29)16-4-6-18(7-5-16)27-32(30,31)19-8-9-20(24)21(25)12-19/h4-9,11-14,22,27H,2-3,10H2,1H3. The first-order valence-corrected chi connectivity index (χ1v) is 11.5. The van der Waals surface area contributed by atoms with Crippen LogP contribution in [0.1, 0.15) is 40.4 Å². The van der Waals surface area contributed by atoms with E-state index in [1.165, 1.54) is 24.3 Å². The van der Waals surface area contributed by atoms with E-state index < -0.39 is 26.6 Å². The van der Waals surface area contributed by atoms with Crippen LogP contribution in [0.15, 0.2) is 65.8 Å². The highest BCUT2D eigenvalue weighted by atomic mass is 32.2. The van der Waals surface area contributed by atoms with Crippen molar-refractivity contribution in [2.45, 2.75) is 30.7 Å². The summed E-state index contributed by atoms with van der Waals surface area (Å²) in [6, 6.07) is 10.3. The molecule has 0 spiro atoms. The van der Waals surface area contributed by atoms with Crippen LogP contribution in [0.2, 0.25) is 0 Å². The van der Waals surface area contributed by atoms with Gasteiger partial charge in [0, 0.05) is 30.2 Å². The number of rotatable bonds is 5. The lowest BCUT2D eigenvalue weighted by Crippen LogP contribution is -2.30. The maximum Gasteiger partial charge on any atom is 0.261 e. The van der Waals surface area contributed by atoms with Crippen LogP contribution in [0.4, 0.5) is 14.5 Å². The van der Waals surface area contributed by atoms with Gasteiger partial charge in [0.2, 0.25) is 0 Å². The minimum absolute atomic E-state index is 0.0542. The third kappa shape index (κ3) is 4.47. The Labute approximate surface area is 185 Å². The molecule has 0 aliphatic carbocycles. The summed E-state index contributed by atoms with van der Waals surface area (Å²) in [5.74, 6) is -2.53. The molecule has 1 atom stereocenters. The molecule has 1 aromatic heterocycles. The lowest BCUT2D eigenvalue weighted by molar-refractivity contribution is 0.0735. The van der Waals surface area contributed by atoms with Gasteiger partial charge < -0.3 is 4.90 Å². The van der Waals surface area contributed by atoms with E-state index in [-0.39, 0.29) is 17.6 Å². The Kier molecular flexibility index (Phi) is 5.92. The van der Waals surface area contributed by atoms with E-state index in [4.69, 9.17) is 0 Å². The highest BCUT2D eigenvalue weighted by molar-refractivity contribution is 7.92. The molecule has 1 N–H and O–H groups in total. The van der Waals surface area contributed by atoms with Gasteiger partial charge in [0.25, 0.3) is 15.9 Å². The maximum absolute atomic E-state index is 13.4. The molecule has 0 saturated carbocycles. The third-order valence-corrected chi connectivity index (χ3v) is 6.76. The van der Waals surface area contributed by atoms with E-state index in [0.717, 1.165) is 36.1 Å². The number of likely N-dealkylation sites (tertiary alicyclic amines) is 1. The second kappa shape index (κ2) is 8.66. The molecule has 2 aromatic carbocycles. The van der Waals surface area contributed by atoms with Crippen molar-refractivity contribution in [1.82, 2.24) is 9.88 Å². The Hall–Kier alpha value is -3.33. The number of aryl methyl sites for hydroxylation is 1. The van der Waals surface area contributed by atoms with Crippen LogP contribution in [0, 0.1) is 18.6 Å². The van der Waals surface area contributed by atoms with Crippen LogP contribution in [0.25, 0.3) is 0 Å².